The highest BCUT2D eigenvalue weighted by Crippen LogP contribution is 2.53. The molecule has 1 N–H and O–H groups in total. The van der Waals surface area contributed by atoms with Crippen LogP contribution in [0.3, 0.4) is 0 Å². The van der Waals surface area contributed by atoms with Gasteiger partial charge in [0.25, 0.3) is 0 Å². The first-order valence-electron chi connectivity index (χ1n) is 10.1. The van der Waals surface area contributed by atoms with Crippen LogP contribution in [0.1, 0.15) is 11.1 Å². The number of nitrogens with zero attached hydrogens (tertiary/aromatic N) is 3. The number of rotatable bonds is 5. The molecule has 156 valence electrons. The summed E-state index contributed by atoms with van der Waals surface area (Å²) in [5.74, 6) is -1.70. The summed E-state index contributed by atoms with van der Waals surface area (Å²) in [6.45, 7) is 2.64. The number of aromatic nitrogens is 2. The van der Waals surface area contributed by atoms with Crippen molar-refractivity contribution in [2.75, 3.05) is 25.0 Å². The van der Waals surface area contributed by atoms with Gasteiger partial charge in [0.2, 0.25) is 11.8 Å². The molecule has 5 rings (SSSR count). The molecule has 30 heavy (non-hydrogen) atoms. The van der Waals surface area contributed by atoms with Crippen LogP contribution in [0.5, 0.6) is 0 Å². The number of hydrogen-bond acceptors (Lipinski definition) is 4. The molecule has 0 radical (unpaired) electrons. The first-order chi connectivity index (χ1) is 14.4. The number of anilines is 1. The van der Waals surface area contributed by atoms with Crippen molar-refractivity contribution in [3.63, 3.8) is 0 Å². The van der Waals surface area contributed by atoms with Crippen molar-refractivity contribution in [2.24, 2.45) is 11.8 Å². The van der Waals surface area contributed by atoms with E-state index >= 15 is 0 Å². The summed E-state index contributed by atoms with van der Waals surface area (Å²) in [6, 6.07) is 4.38. The summed E-state index contributed by atoms with van der Waals surface area (Å²) < 4.78 is 19.7. The number of aromatic amines is 1. The predicted molar refractivity (Wildman–Crippen MR) is 107 cm³/mol. The Kier molecular flexibility index (Phi) is 4.28. The molecule has 3 aliphatic heterocycles. The number of carbonyl (C=O) groups excluding carboxylic acids is 2. The quantitative estimate of drug-likeness (QED) is 0.763. The fraction of sp³-hybridized carbons (Fsp3) is 0.409. The molecule has 7 nitrogen and oxygen atoms in total. The van der Waals surface area contributed by atoms with E-state index in [9.17, 15) is 14.0 Å². The van der Waals surface area contributed by atoms with Gasteiger partial charge >= 0.3 is 0 Å². The highest BCUT2D eigenvalue weighted by molar-refractivity contribution is 6.03. The molecule has 0 aliphatic carbocycles. The molecule has 2 bridgehead atoms. The highest BCUT2D eigenvalue weighted by Gasteiger charge is 2.67. The predicted octanol–water partition coefficient (Wildman–Crippen LogP) is 1.84. The van der Waals surface area contributed by atoms with E-state index in [4.69, 9.17) is 4.74 Å². The number of halogens is 1. The molecule has 2 saturated heterocycles. The Balaban J connectivity index is 1.39. The number of carbonyl (C=O) groups is 2. The Labute approximate surface area is 173 Å². The monoisotopic (exact) mass is 410 g/mol. The van der Waals surface area contributed by atoms with Gasteiger partial charge in [0, 0.05) is 25.5 Å². The molecule has 1 aromatic heterocycles. The lowest BCUT2D eigenvalue weighted by Gasteiger charge is -2.27. The average molecular weight is 410 g/mol. The first-order valence-corrected chi connectivity index (χ1v) is 10.1. The second-order valence-corrected chi connectivity index (χ2v) is 8.37. The normalized spacial score (nSPS) is 29.0. The second kappa shape index (κ2) is 6.77. The zero-order valence-electron chi connectivity index (χ0n) is 16.8. The van der Waals surface area contributed by atoms with Crippen LogP contribution >= 0.6 is 0 Å². The fourth-order valence-corrected chi connectivity index (χ4v) is 4.98. The standard InChI is InChI=1S/C22H23FN4O3/c1-13-9-15(23)3-4-16(13)27-12-22-7-5-17(30-22)18(19(22)21(27)29)20(28)26(2)8-6-14-10-24-25-11-14/h3-5,7,9-11,17-19H,6,8,12H2,1-2H3,(H,24,25)/t17-,18+,19+,22-/m0/s1. The minimum Gasteiger partial charge on any atom is -0.360 e. The molecule has 0 saturated carbocycles. The van der Waals surface area contributed by atoms with Gasteiger partial charge in [0.1, 0.15) is 11.4 Å². The number of hydrogen-bond donors (Lipinski definition) is 1. The summed E-state index contributed by atoms with van der Waals surface area (Å²) in [7, 11) is 1.76. The molecule has 4 heterocycles. The Hall–Kier alpha value is -3.00. The van der Waals surface area contributed by atoms with E-state index in [1.165, 1.54) is 12.1 Å². The topological polar surface area (TPSA) is 78.5 Å². The third-order valence-corrected chi connectivity index (χ3v) is 6.50. The summed E-state index contributed by atoms with van der Waals surface area (Å²) in [6.07, 6.45) is 7.66. The SMILES string of the molecule is Cc1cc(F)ccc1N1C[C@]23C=C[C@H](O2)[C@@H](C(=O)N(C)CCc2cn[nH]c2)[C@@H]3C1=O. The van der Waals surface area contributed by atoms with Gasteiger partial charge in [-0.25, -0.2) is 4.39 Å². The summed E-state index contributed by atoms with van der Waals surface area (Å²) in [5.41, 5.74) is 1.56. The number of fused-ring (bicyclic) bond motifs is 1. The van der Waals surface area contributed by atoms with E-state index in [1.807, 2.05) is 12.2 Å². The zero-order chi connectivity index (χ0) is 21.0. The Bertz CT molecular complexity index is 1040. The number of amides is 2. The third kappa shape index (κ3) is 2.78. The smallest absolute Gasteiger partial charge is 0.234 e. The lowest BCUT2D eigenvalue weighted by atomic mass is 9.76. The fourth-order valence-electron chi connectivity index (χ4n) is 4.98. The second-order valence-electron chi connectivity index (χ2n) is 8.37. The summed E-state index contributed by atoms with van der Waals surface area (Å²) in [5, 5.41) is 6.69. The van der Waals surface area contributed by atoms with Crippen LogP contribution in [0.15, 0.2) is 42.7 Å². The van der Waals surface area contributed by atoms with Crippen molar-refractivity contribution < 1.29 is 18.7 Å². The van der Waals surface area contributed by atoms with Gasteiger partial charge in [-0.05, 0) is 42.7 Å². The molecular weight excluding hydrogens is 387 g/mol. The average Bonchev–Trinajstić information content (AvgIpc) is 3.48. The van der Waals surface area contributed by atoms with Gasteiger partial charge in [-0.15, -0.1) is 0 Å². The maximum absolute atomic E-state index is 13.5. The van der Waals surface area contributed by atoms with Gasteiger partial charge < -0.3 is 14.5 Å². The first kappa shape index (κ1) is 19.0. The summed E-state index contributed by atoms with van der Waals surface area (Å²) in [4.78, 5) is 30.0. The molecule has 4 atom stereocenters. The van der Waals surface area contributed by atoms with E-state index in [0.29, 0.717) is 30.8 Å². The number of ether oxygens (including phenoxy) is 1. The van der Waals surface area contributed by atoms with E-state index < -0.39 is 17.4 Å². The van der Waals surface area contributed by atoms with Crippen LogP contribution in [0.25, 0.3) is 0 Å². The zero-order valence-corrected chi connectivity index (χ0v) is 16.8. The minimum atomic E-state index is -0.797. The largest absolute Gasteiger partial charge is 0.360 e. The van der Waals surface area contributed by atoms with Crippen LogP contribution < -0.4 is 4.90 Å². The third-order valence-electron chi connectivity index (χ3n) is 6.50. The molecule has 2 fully saturated rings. The Morgan fingerprint density at radius 2 is 2.30 bits per heavy atom. The van der Waals surface area contributed by atoms with E-state index in [0.717, 1.165) is 5.56 Å². The van der Waals surface area contributed by atoms with Crippen molar-refractivity contribution >= 4 is 17.5 Å². The minimum absolute atomic E-state index is 0.0919. The van der Waals surface area contributed by atoms with Crippen LogP contribution in [-0.4, -0.2) is 58.8 Å². The maximum Gasteiger partial charge on any atom is 0.234 e. The molecule has 2 amide bonds. The molecule has 0 unspecified atom stereocenters. The van der Waals surface area contributed by atoms with Crippen molar-refractivity contribution in [3.8, 4) is 0 Å². The van der Waals surface area contributed by atoms with Crippen LogP contribution in [-0.2, 0) is 20.7 Å². The molecule has 8 heteroatoms. The van der Waals surface area contributed by atoms with Crippen LogP contribution in [0, 0.1) is 24.6 Å². The van der Waals surface area contributed by atoms with Gasteiger partial charge in [-0.3, -0.25) is 14.7 Å². The number of H-pyrrole nitrogens is 1. The number of aryl methyl sites for hydroxylation is 1. The Morgan fingerprint density at radius 3 is 3.03 bits per heavy atom. The highest BCUT2D eigenvalue weighted by atomic mass is 19.1. The van der Waals surface area contributed by atoms with Crippen molar-refractivity contribution in [3.05, 3.63) is 59.7 Å². The van der Waals surface area contributed by atoms with E-state index in [-0.39, 0.29) is 23.7 Å². The Morgan fingerprint density at radius 1 is 1.47 bits per heavy atom. The molecule has 1 aromatic carbocycles. The maximum atomic E-state index is 13.5. The van der Waals surface area contributed by atoms with Gasteiger partial charge in [0.15, 0.2) is 0 Å². The lowest BCUT2D eigenvalue weighted by Crippen LogP contribution is -2.45. The number of nitrogens with one attached hydrogen (secondary N) is 1. The van der Waals surface area contributed by atoms with Crippen molar-refractivity contribution in [2.45, 2.75) is 25.0 Å². The number of benzene rings is 1. The van der Waals surface area contributed by atoms with Gasteiger partial charge in [-0.2, -0.15) is 5.10 Å². The molecule has 3 aliphatic rings. The van der Waals surface area contributed by atoms with Crippen LogP contribution in [0.2, 0.25) is 0 Å². The lowest BCUT2D eigenvalue weighted by molar-refractivity contribution is -0.139. The van der Waals surface area contributed by atoms with Crippen molar-refractivity contribution in [1.82, 2.24) is 15.1 Å². The molecular formula is C22H23FN4O3. The van der Waals surface area contributed by atoms with Gasteiger partial charge in [-0.1, -0.05) is 12.2 Å². The molecule has 1 spiro atoms. The van der Waals surface area contributed by atoms with E-state index in [1.54, 1.807) is 42.2 Å². The van der Waals surface area contributed by atoms with Crippen molar-refractivity contribution in [1.29, 1.82) is 0 Å². The van der Waals surface area contributed by atoms with E-state index in [2.05, 4.69) is 10.2 Å². The summed E-state index contributed by atoms with van der Waals surface area (Å²) >= 11 is 0. The van der Waals surface area contributed by atoms with Gasteiger partial charge in [0.05, 0.1) is 30.7 Å². The molecule has 2 aromatic rings. The number of likely N-dealkylation sites (N-methyl/N-ethyl adjacent to an activating group) is 1. The van der Waals surface area contributed by atoms with Crippen LogP contribution in [0.4, 0.5) is 10.1 Å².